The topological polar surface area (TPSA) is 31.4 Å². The first-order chi connectivity index (χ1) is 13.2. The molecule has 4 rings (SSSR count). The molecule has 3 heterocycles. The second-order valence-electron chi connectivity index (χ2n) is 7.40. The molecule has 1 aliphatic rings. The SMILES string of the molecule is CC1(C)OCC(CCc2cc3cc(C(F)(F)F)ccc3nc2-c2ccsc2)O1. The van der Waals surface area contributed by atoms with Crippen molar-refractivity contribution in [1.29, 1.82) is 0 Å². The molecule has 0 saturated carbocycles. The van der Waals surface area contributed by atoms with Gasteiger partial charge in [-0.2, -0.15) is 24.5 Å². The summed E-state index contributed by atoms with van der Waals surface area (Å²) in [6.07, 6.45) is -3.05. The molecule has 1 fully saturated rings. The van der Waals surface area contributed by atoms with Crippen LogP contribution in [-0.2, 0) is 22.1 Å². The molecule has 3 aromatic rings. The van der Waals surface area contributed by atoms with Gasteiger partial charge in [-0.1, -0.05) is 0 Å². The van der Waals surface area contributed by atoms with Crippen LogP contribution in [0.1, 0.15) is 31.4 Å². The molecule has 3 nitrogen and oxygen atoms in total. The van der Waals surface area contributed by atoms with Crippen LogP contribution in [-0.4, -0.2) is 23.5 Å². The highest BCUT2D eigenvalue weighted by Crippen LogP contribution is 2.34. The third kappa shape index (κ3) is 4.06. The van der Waals surface area contributed by atoms with E-state index in [-0.39, 0.29) is 6.10 Å². The summed E-state index contributed by atoms with van der Waals surface area (Å²) in [7, 11) is 0. The fourth-order valence-corrected chi connectivity index (χ4v) is 4.10. The third-order valence-corrected chi connectivity index (χ3v) is 5.50. The van der Waals surface area contributed by atoms with Crippen LogP contribution < -0.4 is 0 Å². The highest BCUT2D eigenvalue weighted by atomic mass is 32.1. The van der Waals surface area contributed by atoms with Crippen LogP contribution in [0.15, 0.2) is 41.1 Å². The number of thiophene rings is 1. The summed E-state index contributed by atoms with van der Waals surface area (Å²) in [5.41, 5.74) is 2.60. The minimum absolute atomic E-state index is 0.0393. The maximum atomic E-state index is 13.1. The van der Waals surface area contributed by atoms with Crippen molar-refractivity contribution in [3.8, 4) is 11.3 Å². The van der Waals surface area contributed by atoms with Crippen LogP contribution in [0.3, 0.4) is 0 Å². The lowest BCUT2D eigenvalue weighted by atomic mass is 9.99. The number of hydrogen-bond acceptors (Lipinski definition) is 4. The Kier molecular flexibility index (Phi) is 4.93. The van der Waals surface area contributed by atoms with E-state index in [1.165, 1.54) is 12.1 Å². The summed E-state index contributed by atoms with van der Waals surface area (Å²) in [5, 5.41) is 4.46. The summed E-state index contributed by atoms with van der Waals surface area (Å²) in [6.45, 7) is 4.26. The number of ether oxygens (including phenoxy) is 2. The van der Waals surface area contributed by atoms with E-state index < -0.39 is 17.5 Å². The largest absolute Gasteiger partial charge is 0.416 e. The van der Waals surface area contributed by atoms with Crippen molar-refractivity contribution in [2.45, 2.75) is 44.8 Å². The molecule has 1 saturated heterocycles. The molecular formula is C21H20F3NO2S. The van der Waals surface area contributed by atoms with Gasteiger partial charge in [-0.15, -0.1) is 0 Å². The van der Waals surface area contributed by atoms with Gasteiger partial charge in [-0.05, 0) is 68.0 Å². The van der Waals surface area contributed by atoms with E-state index in [0.29, 0.717) is 30.4 Å². The van der Waals surface area contributed by atoms with Gasteiger partial charge in [0, 0.05) is 16.3 Å². The van der Waals surface area contributed by atoms with Gasteiger partial charge in [-0.3, -0.25) is 0 Å². The zero-order valence-electron chi connectivity index (χ0n) is 15.5. The molecule has 148 valence electrons. The van der Waals surface area contributed by atoms with Crippen LogP contribution in [0.2, 0.25) is 0 Å². The molecule has 0 bridgehead atoms. The zero-order valence-corrected chi connectivity index (χ0v) is 16.4. The van der Waals surface area contributed by atoms with E-state index in [1.54, 1.807) is 11.3 Å². The Morgan fingerprint density at radius 1 is 1.21 bits per heavy atom. The quantitative estimate of drug-likeness (QED) is 0.526. The molecule has 2 aromatic heterocycles. The first-order valence-corrected chi connectivity index (χ1v) is 10.0. The van der Waals surface area contributed by atoms with Gasteiger partial charge in [0.2, 0.25) is 0 Å². The molecule has 7 heteroatoms. The molecule has 0 aliphatic carbocycles. The monoisotopic (exact) mass is 407 g/mol. The number of halogens is 3. The number of nitrogens with zero attached hydrogens (tertiary/aromatic N) is 1. The van der Waals surface area contributed by atoms with Crippen molar-refractivity contribution in [2.24, 2.45) is 0 Å². The summed E-state index contributed by atoms with van der Waals surface area (Å²) < 4.78 is 50.8. The van der Waals surface area contributed by atoms with Crippen molar-refractivity contribution in [2.75, 3.05) is 6.61 Å². The lowest BCUT2D eigenvalue weighted by Crippen LogP contribution is -2.21. The highest BCUT2D eigenvalue weighted by Gasteiger charge is 2.33. The zero-order chi connectivity index (χ0) is 19.9. The van der Waals surface area contributed by atoms with Crippen LogP contribution in [0.4, 0.5) is 13.2 Å². The lowest BCUT2D eigenvalue weighted by Gasteiger charge is -2.17. The normalized spacial score (nSPS) is 19.4. The third-order valence-electron chi connectivity index (χ3n) is 4.82. The molecule has 1 aromatic carbocycles. The Balaban J connectivity index is 1.70. The molecule has 1 atom stereocenters. The second kappa shape index (κ2) is 7.13. The molecule has 28 heavy (non-hydrogen) atoms. The minimum Gasteiger partial charge on any atom is -0.348 e. The summed E-state index contributed by atoms with van der Waals surface area (Å²) in [4.78, 5) is 4.68. The number of benzene rings is 1. The van der Waals surface area contributed by atoms with E-state index >= 15 is 0 Å². The fourth-order valence-electron chi connectivity index (χ4n) is 3.46. The van der Waals surface area contributed by atoms with Gasteiger partial charge in [-0.25, -0.2) is 4.98 Å². The van der Waals surface area contributed by atoms with Crippen molar-refractivity contribution in [3.05, 3.63) is 52.2 Å². The Hall–Kier alpha value is -1.96. The summed E-state index contributed by atoms with van der Waals surface area (Å²) >= 11 is 1.56. The molecule has 1 aliphatic heterocycles. The van der Waals surface area contributed by atoms with Gasteiger partial charge in [0.05, 0.1) is 29.5 Å². The van der Waals surface area contributed by atoms with Gasteiger partial charge in [0.1, 0.15) is 0 Å². The number of alkyl halides is 3. The van der Waals surface area contributed by atoms with Crippen LogP contribution in [0.25, 0.3) is 22.2 Å². The number of aromatic nitrogens is 1. The van der Waals surface area contributed by atoms with E-state index in [1.807, 2.05) is 36.7 Å². The van der Waals surface area contributed by atoms with Gasteiger partial charge in [0.25, 0.3) is 0 Å². The van der Waals surface area contributed by atoms with E-state index in [0.717, 1.165) is 22.9 Å². The first-order valence-electron chi connectivity index (χ1n) is 9.06. The second-order valence-corrected chi connectivity index (χ2v) is 8.18. The Bertz CT molecular complexity index is 983. The predicted octanol–water partition coefficient (Wildman–Crippen LogP) is 6.07. The number of rotatable bonds is 4. The average molecular weight is 407 g/mol. The maximum absolute atomic E-state index is 13.1. The maximum Gasteiger partial charge on any atom is 0.416 e. The molecule has 0 N–H and O–H groups in total. The standard InChI is InChI=1S/C21H20F3NO2S/c1-20(2)26-11-17(27-20)5-3-13-9-15-10-16(21(22,23)24)4-6-18(15)25-19(13)14-7-8-28-12-14/h4,6-10,12,17H,3,5,11H2,1-2H3. The van der Waals surface area contributed by atoms with Crippen LogP contribution in [0.5, 0.6) is 0 Å². The van der Waals surface area contributed by atoms with Crippen molar-refractivity contribution < 1.29 is 22.6 Å². The Morgan fingerprint density at radius 3 is 2.68 bits per heavy atom. The molecule has 1 unspecified atom stereocenters. The predicted molar refractivity (Wildman–Crippen MR) is 103 cm³/mol. The fraction of sp³-hybridized carbons (Fsp3) is 0.381. The summed E-state index contributed by atoms with van der Waals surface area (Å²) in [5.74, 6) is -0.593. The minimum atomic E-state index is -4.37. The van der Waals surface area contributed by atoms with Crippen molar-refractivity contribution in [1.82, 2.24) is 4.98 Å². The Morgan fingerprint density at radius 2 is 2.04 bits per heavy atom. The van der Waals surface area contributed by atoms with Crippen molar-refractivity contribution >= 4 is 22.2 Å². The van der Waals surface area contributed by atoms with E-state index in [2.05, 4.69) is 4.98 Å². The van der Waals surface area contributed by atoms with Gasteiger partial charge < -0.3 is 9.47 Å². The van der Waals surface area contributed by atoms with Gasteiger partial charge in [0.15, 0.2) is 5.79 Å². The number of aryl methyl sites for hydroxylation is 1. The van der Waals surface area contributed by atoms with Crippen LogP contribution in [0, 0.1) is 0 Å². The lowest BCUT2D eigenvalue weighted by molar-refractivity contribution is -0.139. The smallest absolute Gasteiger partial charge is 0.348 e. The molecule has 0 radical (unpaired) electrons. The highest BCUT2D eigenvalue weighted by molar-refractivity contribution is 7.08. The van der Waals surface area contributed by atoms with E-state index in [4.69, 9.17) is 9.47 Å². The number of hydrogen-bond donors (Lipinski definition) is 0. The van der Waals surface area contributed by atoms with Crippen molar-refractivity contribution in [3.63, 3.8) is 0 Å². The molecular weight excluding hydrogens is 387 g/mol. The molecule has 0 amide bonds. The van der Waals surface area contributed by atoms with Crippen LogP contribution >= 0.6 is 11.3 Å². The molecule has 0 spiro atoms. The number of pyridine rings is 1. The summed E-state index contributed by atoms with van der Waals surface area (Å²) in [6, 6.07) is 7.49. The average Bonchev–Trinajstić information content (AvgIpc) is 3.27. The van der Waals surface area contributed by atoms with E-state index in [9.17, 15) is 13.2 Å². The Labute approximate surface area is 165 Å². The first kappa shape index (κ1) is 19.4. The number of fused-ring (bicyclic) bond motifs is 1. The van der Waals surface area contributed by atoms with Gasteiger partial charge >= 0.3 is 6.18 Å².